The van der Waals surface area contributed by atoms with Gasteiger partial charge in [-0.3, -0.25) is 4.79 Å². The summed E-state index contributed by atoms with van der Waals surface area (Å²) in [4.78, 5) is 14.5. The normalized spacial score (nSPS) is 9.69. The van der Waals surface area contributed by atoms with Crippen LogP contribution in [0, 0.1) is 0 Å². The smallest absolute Gasteiger partial charge is 0.216 e. The Morgan fingerprint density at radius 1 is 1.69 bits per heavy atom. The number of nitrogens with one attached hydrogen (secondary N) is 2. The molecular weight excluding hydrogens is 210 g/mol. The van der Waals surface area contributed by atoms with Crippen molar-refractivity contribution in [2.75, 3.05) is 18.4 Å². The summed E-state index contributed by atoms with van der Waals surface area (Å²) in [6.45, 7) is 2.73. The van der Waals surface area contributed by atoms with Crippen LogP contribution in [0.3, 0.4) is 0 Å². The molecule has 0 saturated heterocycles. The van der Waals surface area contributed by atoms with Crippen molar-refractivity contribution in [3.8, 4) is 0 Å². The second-order valence-electron chi connectivity index (χ2n) is 2.40. The average Bonchev–Trinajstić information content (AvgIpc) is 2.45. The van der Waals surface area contributed by atoms with Crippen molar-refractivity contribution in [2.45, 2.75) is 6.92 Å². The molecule has 0 atom stereocenters. The van der Waals surface area contributed by atoms with Crippen molar-refractivity contribution in [1.82, 2.24) is 10.3 Å². The number of hydrogen-bond acceptors (Lipinski definition) is 4. The van der Waals surface area contributed by atoms with Gasteiger partial charge in [0.1, 0.15) is 5.82 Å². The molecule has 4 nitrogen and oxygen atoms in total. The molecule has 1 aromatic heterocycles. The Bertz CT molecular complexity index is 289. The van der Waals surface area contributed by atoms with Crippen LogP contribution in [0.1, 0.15) is 6.92 Å². The molecule has 0 unspecified atom stereocenters. The lowest BCUT2D eigenvalue weighted by Gasteiger charge is -2.02. The molecule has 0 aromatic carbocycles. The summed E-state index contributed by atoms with van der Waals surface area (Å²) in [7, 11) is 0. The Balaban J connectivity index is 2.16. The van der Waals surface area contributed by atoms with Crippen LogP contribution in [0.2, 0.25) is 4.47 Å². The van der Waals surface area contributed by atoms with E-state index in [0.29, 0.717) is 17.6 Å². The molecule has 13 heavy (non-hydrogen) atoms. The van der Waals surface area contributed by atoms with E-state index in [-0.39, 0.29) is 5.91 Å². The number of rotatable bonds is 4. The predicted molar refractivity (Wildman–Crippen MR) is 54.3 cm³/mol. The SMILES string of the molecule is CC(=O)NCCNc1csc(Cl)n1. The Morgan fingerprint density at radius 2 is 2.46 bits per heavy atom. The van der Waals surface area contributed by atoms with Gasteiger partial charge >= 0.3 is 0 Å². The van der Waals surface area contributed by atoms with Gasteiger partial charge in [0.15, 0.2) is 4.47 Å². The molecule has 6 heteroatoms. The summed E-state index contributed by atoms with van der Waals surface area (Å²) in [5, 5.41) is 7.51. The van der Waals surface area contributed by atoms with Crippen molar-refractivity contribution in [3.05, 3.63) is 9.85 Å². The van der Waals surface area contributed by atoms with E-state index in [1.54, 1.807) is 0 Å². The molecule has 1 rings (SSSR count). The molecule has 2 N–H and O–H groups in total. The fourth-order valence-electron chi connectivity index (χ4n) is 0.762. The highest BCUT2D eigenvalue weighted by Gasteiger charge is 1.97. The monoisotopic (exact) mass is 219 g/mol. The molecule has 1 aromatic rings. The molecule has 0 bridgehead atoms. The van der Waals surface area contributed by atoms with Gasteiger partial charge < -0.3 is 10.6 Å². The standard InChI is InChI=1S/C7H10ClN3OS/c1-5(12)9-2-3-10-6-4-13-7(8)11-6/h4,10H,2-3H2,1H3,(H,9,12). The van der Waals surface area contributed by atoms with E-state index in [9.17, 15) is 4.79 Å². The number of aromatic nitrogens is 1. The summed E-state index contributed by atoms with van der Waals surface area (Å²) >= 11 is 6.99. The summed E-state index contributed by atoms with van der Waals surface area (Å²) in [5.74, 6) is 0.721. The topological polar surface area (TPSA) is 54.0 Å². The zero-order chi connectivity index (χ0) is 9.68. The maximum Gasteiger partial charge on any atom is 0.216 e. The van der Waals surface area contributed by atoms with Crippen LogP contribution in [0.25, 0.3) is 0 Å². The minimum absolute atomic E-state index is 0.0295. The second-order valence-corrected chi connectivity index (χ2v) is 3.84. The third-order valence-electron chi connectivity index (χ3n) is 1.28. The molecule has 0 aliphatic heterocycles. The third kappa shape index (κ3) is 4.10. The van der Waals surface area contributed by atoms with Crippen LogP contribution in [-0.4, -0.2) is 24.0 Å². The van der Waals surface area contributed by atoms with Crippen molar-refractivity contribution in [2.24, 2.45) is 0 Å². The fraction of sp³-hybridized carbons (Fsp3) is 0.429. The minimum atomic E-state index is -0.0295. The van der Waals surface area contributed by atoms with Crippen LogP contribution in [0.15, 0.2) is 5.38 Å². The highest BCUT2D eigenvalue weighted by Crippen LogP contribution is 2.17. The Kier molecular flexibility index (Phi) is 3.98. The van der Waals surface area contributed by atoms with Gasteiger partial charge in [-0.25, -0.2) is 4.98 Å². The highest BCUT2D eigenvalue weighted by atomic mass is 35.5. The fourth-order valence-corrected chi connectivity index (χ4v) is 1.48. The number of hydrogen-bond donors (Lipinski definition) is 2. The van der Waals surface area contributed by atoms with Crippen molar-refractivity contribution < 1.29 is 4.79 Å². The van der Waals surface area contributed by atoms with Crippen LogP contribution in [0.5, 0.6) is 0 Å². The lowest BCUT2D eigenvalue weighted by molar-refractivity contribution is -0.118. The van der Waals surface area contributed by atoms with Crippen LogP contribution in [-0.2, 0) is 4.79 Å². The highest BCUT2D eigenvalue weighted by molar-refractivity contribution is 7.14. The average molecular weight is 220 g/mol. The van der Waals surface area contributed by atoms with Gasteiger partial charge in [0.25, 0.3) is 0 Å². The minimum Gasteiger partial charge on any atom is -0.368 e. The summed E-state index contributed by atoms with van der Waals surface area (Å²) < 4.78 is 0.516. The van der Waals surface area contributed by atoms with E-state index in [4.69, 9.17) is 11.6 Å². The molecule has 0 radical (unpaired) electrons. The Morgan fingerprint density at radius 3 is 3.00 bits per heavy atom. The van der Waals surface area contributed by atoms with E-state index in [2.05, 4.69) is 15.6 Å². The number of carbonyl (C=O) groups is 1. The maximum atomic E-state index is 10.5. The van der Waals surface area contributed by atoms with Crippen molar-refractivity contribution in [3.63, 3.8) is 0 Å². The van der Waals surface area contributed by atoms with Crippen molar-refractivity contribution in [1.29, 1.82) is 0 Å². The predicted octanol–water partition coefficient (Wildman–Crippen LogP) is 1.34. The van der Waals surface area contributed by atoms with Gasteiger partial charge in [0, 0.05) is 25.4 Å². The number of amides is 1. The maximum absolute atomic E-state index is 10.5. The molecule has 0 aliphatic rings. The first-order valence-corrected chi connectivity index (χ1v) is 5.03. The molecule has 1 heterocycles. The van der Waals surface area contributed by atoms with E-state index in [1.807, 2.05) is 5.38 Å². The number of carbonyl (C=O) groups excluding carboxylic acids is 1. The van der Waals surface area contributed by atoms with Gasteiger partial charge in [-0.05, 0) is 0 Å². The molecule has 1 amide bonds. The number of anilines is 1. The number of nitrogens with zero attached hydrogens (tertiary/aromatic N) is 1. The van der Waals surface area contributed by atoms with Gasteiger partial charge in [0.2, 0.25) is 5.91 Å². The summed E-state index contributed by atoms with van der Waals surface area (Å²) in [6.07, 6.45) is 0. The zero-order valence-corrected chi connectivity index (χ0v) is 8.71. The Hall–Kier alpha value is -0.810. The second kappa shape index (κ2) is 5.04. The lowest BCUT2D eigenvalue weighted by Crippen LogP contribution is -2.26. The van der Waals surface area contributed by atoms with E-state index < -0.39 is 0 Å². The molecular formula is C7H10ClN3OS. The quantitative estimate of drug-likeness (QED) is 0.752. The van der Waals surface area contributed by atoms with Crippen LogP contribution >= 0.6 is 22.9 Å². The summed E-state index contributed by atoms with van der Waals surface area (Å²) in [6, 6.07) is 0. The largest absolute Gasteiger partial charge is 0.368 e. The molecule has 72 valence electrons. The van der Waals surface area contributed by atoms with Crippen LogP contribution < -0.4 is 10.6 Å². The molecule has 0 saturated carbocycles. The number of thiazole rings is 1. The first-order valence-electron chi connectivity index (χ1n) is 3.78. The molecule has 0 spiro atoms. The zero-order valence-electron chi connectivity index (χ0n) is 7.13. The van der Waals surface area contributed by atoms with Crippen LogP contribution in [0.4, 0.5) is 5.82 Å². The summed E-state index contributed by atoms with van der Waals surface area (Å²) in [5.41, 5.74) is 0. The molecule has 0 fully saturated rings. The first-order chi connectivity index (χ1) is 6.18. The van der Waals surface area contributed by atoms with Gasteiger partial charge in [-0.1, -0.05) is 11.6 Å². The third-order valence-corrected chi connectivity index (χ3v) is 2.26. The first kappa shape index (κ1) is 10.3. The Labute approximate surface area is 85.3 Å². The van der Waals surface area contributed by atoms with Gasteiger partial charge in [-0.15, -0.1) is 11.3 Å². The number of halogens is 1. The van der Waals surface area contributed by atoms with E-state index in [0.717, 1.165) is 5.82 Å². The molecule has 0 aliphatic carbocycles. The van der Waals surface area contributed by atoms with Gasteiger partial charge in [0.05, 0.1) is 0 Å². The van der Waals surface area contributed by atoms with E-state index >= 15 is 0 Å². The van der Waals surface area contributed by atoms with Crippen molar-refractivity contribution >= 4 is 34.7 Å². The van der Waals surface area contributed by atoms with E-state index in [1.165, 1.54) is 18.3 Å². The lowest BCUT2D eigenvalue weighted by atomic mass is 10.5. The van der Waals surface area contributed by atoms with Gasteiger partial charge in [-0.2, -0.15) is 0 Å².